The van der Waals surface area contributed by atoms with Crippen LogP contribution in [0.1, 0.15) is 0 Å². The standard InChI is InChI=1S/C13H10Cl2O/c1-16-13-8-11(15)6-7-12(13)9-2-4-10(14)5-3-9/h2-8H,1H3. The summed E-state index contributed by atoms with van der Waals surface area (Å²) in [6.07, 6.45) is 0. The predicted molar refractivity (Wildman–Crippen MR) is 68.5 cm³/mol. The topological polar surface area (TPSA) is 9.23 Å². The molecule has 0 N–H and O–H groups in total. The zero-order chi connectivity index (χ0) is 11.5. The van der Waals surface area contributed by atoms with Crippen molar-refractivity contribution in [1.82, 2.24) is 0 Å². The Bertz CT molecular complexity index is 492. The summed E-state index contributed by atoms with van der Waals surface area (Å²) in [4.78, 5) is 0. The molecular formula is C13H10Cl2O. The summed E-state index contributed by atoms with van der Waals surface area (Å²) in [6, 6.07) is 13.2. The number of ether oxygens (including phenoxy) is 1. The second-order valence-corrected chi connectivity index (χ2v) is 4.22. The number of hydrogen-bond acceptors (Lipinski definition) is 1. The van der Waals surface area contributed by atoms with E-state index in [9.17, 15) is 0 Å². The minimum Gasteiger partial charge on any atom is -0.496 e. The van der Waals surface area contributed by atoms with Crippen molar-refractivity contribution in [2.75, 3.05) is 7.11 Å². The molecule has 16 heavy (non-hydrogen) atoms. The van der Waals surface area contributed by atoms with Gasteiger partial charge in [0.1, 0.15) is 5.75 Å². The van der Waals surface area contributed by atoms with Crippen LogP contribution in [0, 0.1) is 0 Å². The van der Waals surface area contributed by atoms with Gasteiger partial charge < -0.3 is 4.74 Å². The molecular weight excluding hydrogens is 243 g/mol. The fourth-order valence-corrected chi connectivity index (χ4v) is 1.82. The maximum absolute atomic E-state index is 5.91. The predicted octanol–water partition coefficient (Wildman–Crippen LogP) is 4.67. The normalized spacial score (nSPS) is 10.2. The number of rotatable bonds is 2. The molecule has 0 radical (unpaired) electrons. The molecule has 0 saturated heterocycles. The molecule has 0 aliphatic heterocycles. The lowest BCUT2D eigenvalue weighted by Gasteiger charge is -2.09. The molecule has 0 saturated carbocycles. The van der Waals surface area contributed by atoms with Crippen molar-refractivity contribution < 1.29 is 4.74 Å². The molecule has 0 atom stereocenters. The second-order valence-electron chi connectivity index (χ2n) is 3.35. The van der Waals surface area contributed by atoms with Gasteiger partial charge in [0.15, 0.2) is 0 Å². The van der Waals surface area contributed by atoms with Crippen LogP contribution in [0.4, 0.5) is 0 Å². The Morgan fingerprint density at radius 3 is 2.12 bits per heavy atom. The maximum atomic E-state index is 5.91. The quantitative estimate of drug-likeness (QED) is 0.755. The van der Waals surface area contributed by atoms with E-state index in [-0.39, 0.29) is 0 Å². The van der Waals surface area contributed by atoms with Gasteiger partial charge in [-0.1, -0.05) is 35.3 Å². The van der Waals surface area contributed by atoms with E-state index in [1.165, 1.54) is 0 Å². The van der Waals surface area contributed by atoms with E-state index in [0.717, 1.165) is 21.9 Å². The average molecular weight is 253 g/mol. The van der Waals surface area contributed by atoms with Gasteiger partial charge in [-0.15, -0.1) is 0 Å². The van der Waals surface area contributed by atoms with Crippen LogP contribution in [-0.4, -0.2) is 7.11 Å². The zero-order valence-electron chi connectivity index (χ0n) is 8.71. The molecule has 0 aliphatic rings. The molecule has 0 unspecified atom stereocenters. The Morgan fingerprint density at radius 2 is 1.50 bits per heavy atom. The van der Waals surface area contributed by atoms with Crippen LogP contribution in [0.3, 0.4) is 0 Å². The molecule has 3 heteroatoms. The van der Waals surface area contributed by atoms with Gasteiger partial charge in [0.2, 0.25) is 0 Å². The first-order chi connectivity index (χ1) is 7.70. The number of halogens is 2. The summed E-state index contributed by atoms with van der Waals surface area (Å²) in [5.74, 6) is 0.759. The molecule has 0 bridgehead atoms. The van der Waals surface area contributed by atoms with Gasteiger partial charge in [0.25, 0.3) is 0 Å². The van der Waals surface area contributed by atoms with Gasteiger partial charge in [0, 0.05) is 15.6 Å². The Labute approximate surface area is 105 Å². The highest BCUT2D eigenvalue weighted by atomic mass is 35.5. The number of benzene rings is 2. The van der Waals surface area contributed by atoms with E-state index >= 15 is 0 Å². The Morgan fingerprint density at radius 1 is 0.875 bits per heavy atom. The van der Waals surface area contributed by atoms with Gasteiger partial charge in [-0.25, -0.2) is 0 Å². The zero-order valence-corrected chi connectivity index (χ0v) is 10.2. The molecule has 2 aromatic carbocycles. The van der Waals surface area contributed by atoms with Crippen LogP contribution in [0.25, 0.3) is 11.1 Å². The van der Waals surface area contributed by atoms with E-state index < -0.39 is 0 Å². The van der Waals surface area contributed by atoms with Crippen molar-refractivity contribution in [2.24, 2.45) is 0 Å². The Hall–Kier alpha value is -1.18. The van der Waals surface area contributed by atoms with Crippen molar-refractivity contribution in [2.45, 2.75) is 0 Å². The third-order valence-electron chi connectivity index (χ3n) is 2.32. The molecule has 0 amide bonds. The molecule has 82 valence electrons. The highest BCUT2D eigenvalue weighted by molar-refractivity contribution is 6.31. The van der Waals surface area contributed by atoms with Crippen molar-refractivity contribution in [3.63, 3.8) is 0 Å². The van der Waals surface area contributed by atoms with Crippen LogP contribution in [0.5, 0.6) is 5.75 Å². The summed E-state index contributed by atoms with van der Waals surface area (Å²) >= 11 is 11.8. The van der Waals surface area contributed by atoms with Crippen molar-refractivity contribution >= 4 is 23.2 Å². The SMILES string of the molecule is COc1cc(Cl)ccc1-c1ccc(Cl)cc1. The monoisotopic (exact) mass is 252 g/mol. The number of hydrogen-bond donors (Lipinski definition) is 0. The molecule has 0 fully saturated rings. The summed E-state index contributed by atoms with van der Waals surface area (Å²) < 4.78 is 5.29. The highest BCUT2D eigenvalue weighted by Gasteiger charge is 2.05. The minimum atomic E-state index is 0.662. The summed E-state index contributed by atoms with van der Waals surface area (Å²) in [7, 11) is 1.63. The summed E-state index contributed by atoms with van der Waals surface area (Å²) in [5.41, 5.74) is 2.06. The lowest BCUT2D eigenvalue weighted by atomic mass is 10.1. The Balaban J connectivity index is 2.51. The fourth-order valence-electron chi connectivity index (χ4n) is 1.53. The Kier molecular flexibility index (Phi) is 3.37. The minimum absolute atomic E-state index is 0.662. The molecule has 2 rings (SSSR count). The highest BCUT2D eigenvalue weighted by Crippen LogP contribution is 2.32. The first-order valence-electron chi connectivity index (χ1n) is 4.80. The average Bonchev–Trinajstić information content (AvgIpc) is 2.30. The van der Waals surface area contributed by atoms with Crippen molar-refractivity contribution in [3.05, 3.63) is 52.5 Å². The third kappa shape index (κ3) is 2.31. The van der Waals surface area contributed by atoms with E-state index in [0.29, 0.717) is 5.02 Å². The van der Waals surface area contributed by atoms with Gasteiger partial charge in [-0.2, -0.15) is 0 Å². The van der Waals surface area contributed by atoms with Crippen LogP contribution in [-0.2, 0) is 0 Å². The van der Waals surface area contributed by atoms with Crippen molar-refractivity contribution in [3.8, 4) is 16.9 Å². The molecule has 0 heterocycles. The van der Waals surface area contributed by atoms with E-state index in [2.05, 4.69) is 0 Å². The van der Waals surface area contributed by atoms with E-state index in [4.69, 9.17) is 27.9 Å². The van der Waals surface area contributed by atoms with Crippen LogP contribution in [0.2, 0.25) is 10.0 Å². The first-order valence-corrected chi connectivity index (χ1v) is 5.56. The van der Waals surface area contributed by atoms with Gasteiger partial charge in [-0.05, 0) is 35.9 Å². The van der Waals surface area contributed by atoms with Crippen molar-refractivity contribution in [1.29, 1.82) is 0 Å². The maximum Gasteiger partial charge on any atom is 0.128 e. The van der Waals surface area contributed by atoms with E-state index in [1.807, 2.05) is 36.4 Å². The molecule has 1 nitrogen and oxygen atoms in total. The lowest BCUT2D eigenvalue weighted by Crippen LogP contribution is -1.87. The molecule has 2 aromatic rings. The third-order valence-corrected chi connectivity index (χ3v) is 2.81. The smallest absolute Gasteiger partial charge is 0.128 e. The second kappa shape index (κ2) is 4.77. The van der Waals surface area contributed by atoms with Crippen LogP contribution in [0.15, 0.2) is 42.5 Å². The molecule has 0 spiro atoms. The molecule has 0 aliphatic carbocycles. The van der Waals surface area contributed by atoms with Gasteiger partial charge in [0.05, 0.1) is 7.11 Å². The van der Waals surface area contributed by atoms with Crippen LogP contribution >= 0.6 is 23.2 Å². The summed E-state index contributed by atoms with van der Waals surface area (Å²) in [5, 5.41) is 1.38. The van der Waals surface area contributed by atoms with E-state index in [1.54, 1.807) is 13.2 Å². The van der Waals surface area contributed by atoms with Gasteiger partial charge in [-0.3, -0.25) is 0 Å². The fraction of sp³-hybridized carbons (Fsp3) is 0.0769. The van der Waals surface area contributed by atoms with Crippen LogP contribution < -0.4 is 4.74 Å². The first kappa shape index (κ1) is 11.3. The largest absolute Gasteiger partial charge is 0.496 e. The molecule has 0 aromatic heterocycles. The van der Waals surface area contributed by atoms with Gasteiger partial charge >= 0.3 is 0 Å². The number of methoxy groups -OCH3 is 1. The lowest BCUT2D eigenvalue weighted by molar-refractivity contribution is 0.416. The summed E-state index contributed by atoms with van der Waals surface area (Å²) in [6.45, 7) is 0.